The summed E-state index contributed by atoms with van der Waals surface area (Å²) in [6.45, 7) is -1.70. The van der Waals surface area contributed by atoms with Gasteiger partial charge in [0.1, 0.15) is 5.54 Å². The van der Waals surface area contributed by atoms with E-state index in [1.165, 1.54) is 6.20 Å². The first-order chi connectivity index (χ1) is 7.17. The van der Waals surface area contributed by atoms with Gasteiger partial charge in [0.2, 0.25) is 0 Å². The van der Waals surface area contributed by atoms with Crippen molar-refractivity contribution >= 4 is 17.6 Å². The molecular formula is C7H11N3O4S. The molecule has 1 aromatic heterocycles. The molecule has 0 aromatic carbocycles. The van der Waals surface area contributed by atoms with E-state index in [9.17, 15) is 4.79 Å². The summed E-state index contributed by atoms with van der Waals surface area (Å²) in [5.41, 5.74) is -1.35. The molecule has 0 aliphatic carbocycles. The number of aromatic nitrogens is 2. The maximum absolute atomic E-state index is 11.5. The number of amides is 1. The molecule has 0 aliphatic heterocycles. The van der Waals surface area contributed by atoms with Crippen molar-refractivity contribution in [1.82, 2.24) is 14.1 Å². The predicted octanol–water partition coefficient (Wildman–Crippen LogP) is -2.02. The van der Waals surface area contributed by atoms with Crippen LogP contribution in [0.25, 0.3) is 0 Å². The van der Waals surface area contributed by atoms with Gasteiger partial charge in [-0.15, -0.1) is 0 Å². The van der Waals surface area contributed by atoms with Crippen LogP contribution in [-0.2, 0) is 0 Å². The summed E-state index contributed by atoms with van der Waals surface area (Å²) < 4.78 is 7.31. The molecule has 1 rings (SSSR count). The van der Waals surface area contributed by atoms with Crippen molar-refractivity contribution in [3.63, 3.8) is 0 Å². The van der Waals surface area contributed by atoms with Crippen LogP contribution in [0.2, 0.25) is 0 Å². The largest absolute Gasteiger partial charge is 0.394 e. The van der Waals surface area contributed by atoms with Gasteiger partial charge in [-0.25, -0.2) is 0 Å². The van der Waals surface area contributed by atoms with E-state index >= 15 is 0 Å². The first-order valence-corrected chi connectivity index (χ1v) is 4.83. The van der Waals surface area contributed by atoms with Crippen molar-refractivity contribution < 1.29 is 20.1 Å². The number of carbonyl (C=O) groups excluding carboxylic acids is 1. The van der Waals surface area contributed by atoms with Crippen molar-refractivity contribution in [2.45, 2.75) is 5.54 Å². The average Bonchev–Trinajstić information content (AvgIpc) is 2.79. The van der Waals surface area contributed by atoms with E-state index in [0.717, 1.165) is 11.7 Å². The number of aliphatic hydroxyl groups is 3. The monoisotopic (exact) mass is 233 g/mol. The lowest BCUT2D eigenvalue weighted by molar-refractivity contribution is 0.0373. The van der Waals surface area contributed by atoms with Crippen LogP contribution >= 0.6 is 11.7 Å². The van der Waals surface area contributed by atoms with Gasteiger partial charge in [-0.05, 0) is 0 Å². The van der Waals surface area contributed by atoms with Crippen molar-refractivity contribution in [1.29, 1.82) is 0 Å². The highest BCUT2D eigenvalue weighted by molar-refractivity contribution is 6.99. The van der Waals surface area contributed by atoms with Gasteiger partial charge in [-0.2, -0.15) is 8.75 Å². The molecule has 15 heavy (non-hydrogen) atoms. The molecule has 0 saturated carbocycles. The van der Waals surface area contributed by atoms with E-state index in [4.69, 9.17) is 15.3 Å². The molecule has 1 aromatic rings. The molecule has 0 fully saturated rings. The van der Waals surface area contributed by atoms with Crippen LogP contribution in [0.15, 0.2) is 6.20 Å². The molecule has 0 saturated heterocycles. The van der Waals surface area contributed by atoms with E-state index in [1.54, 1.807) is 0 Å². The van der Waals surface area contributed by atoms with Gasteiger partial charge < -0.3 is 20.6 Å². The highest BCUT2D eigenvalue weighted by Gasteiger charge is 2.30. The Morgan fingerprint density at radius 2 is 2.00 bits per heavy atom. The zero-order chi connectivity index (χ0) is 11.3. The van der Waals surface area contributed by atoms with E-state index < -0.39 is 31.3 Å². The zero-order valence-corrected chi connectivity index (χ0v) is 8.57. The number of rotatable bonds is 5. The first-order valence-electron chi connectivity index (χ1n) is 4.10. The summed E-state index contributed by atoms with van der Waals surface area (Å²) >= 11 is 0.868. The Labute approximate surface area is 89.7 Å². The average molecular weight is 233 g/mol. The Balaban J connectivity index is 2.71. The fourth-order valence-corrected chi connectivity index (χ4v) is 1.25. The lowest BCUT2D eigenvalue weighted by Crippen LogP contribution is -2.57. The molecule has 0 spiro atoms. The number of nitrogens with zero attached hydrogens (tertiary/aromatic N) is 2. The molecule has 84 valence electrons. The third-order valence-electron chi connectivity index (χ3n) is 1.88. The van der Waals surface area contributed by atoms with Crippen LogP contribution in [0.3, 0.4) is 0 Å². The summed E-state index contributed by atoms with van der Waals surface area (Å²) in [6, 6.07) is 0. The molecule has 8 heteroatoms. The normalized spacial score (nSPS) is 11.4. The fraction of sp³-hybridized carbons (Fsp3) is 0.571. The van der Waals surface area contributed by atoms with Crippen LogP contribution in [-0.4, -0.2) is 55.3 Å². The number of aliphatic hydroxyl groups excluding tert-OH is 3. The topological polar surface area (TPSA) is 116 Å². The third kappa shape index (κ3) is 2.69. The Kier molecular flexibility index (Phi) is 4.09. The van der Waals surface area contributed by atoms with Gasteiger partial charge in [0, 0.05) is 0 Å². The second kappa shape index (κ2) is 5.12. The van der Waals surface area contributed by atoms with Crippen LogP contribution in [0.1, 0.15) is 10.5 Å². The minimum Gasteiger partial charge on any atom is -0.394 e. The lowest BCUT2D eigenvalue weighted by Gasteiger charge is -2.28. The van der Waals surface area contributed by atoms with E-state index in [2.05, 4.69) is 14.1 Å². The molecule has 0 bridgehead atoms. The minimum atomic E-state index is -1.43. The molecule has 0 unspecified atom stereocenters. The standard InChI is InChI=1S/C7H11N3O4S/c11-2-7(3-12,4-13)9-6(14)5-1-8-15-10-5/h1,11-13H,2-4H2,(H,9,14). The second-order valence-corrected chi connectivity index (χ2v) is 3.56. The van der Waals surface area contributed by atoms with Crippen molar-refractivity contribution in [2.75, 3.05) is 19.8 Å². The maximum atomic E-state index is 11.5. The summed E-state index contributed by atoms with van der Waals surface area (Å²) in [4.78, 5) is 11.5. The Hall–Kier alpha value is -1.09. The van der Waals surface area contributed by atoms with Crippen LogP contribution in [0.5, 0.6) is 0 Å². The van der Waals surface area contributed by atoms with E-state index in [0.29, 0.717) is 0 Å². The SMILES string of the molecule is O=C(NC(CO)(CO)CO)c1cnsn1. The fourth-order valence-electron chi connectivity index (χ4n) is 0.838. The second-order valence-electron chi connectivity index (χ2n) is 3.00. The summed E-state index contributed by atoms with van der Waals surface area (Å²) in [7, 11) is 0. The molecule has 0 atom stereocenters. The molecule has 0 radical (unpaired) electrons. The van der Waals surface area contributed by atoms with Crippen molar-refractivity contribution in [2.24, 2.45) is 0 Å². The predicted molar refractivity (Wildman–Crippen MR) is 51.4 cm³/mol. The van der Waals surface area contributed by atoms with Crippen molar-refractivity contribution in [3.8, 4) is 0 Å². The quantitative estimate of drug-likeness (QED) is 0.467. The number of hydrogen-bond donors (Lipinski definition) is 4. The van der Waals surface area contributed by atoms with E-state index in [-0.39, 0.29) is 5.69 Å². The van der Waals surface area contributed by atoms with Gasteiger partial charge in [-0.3, -0.25) is 4.79 Å². The number of carbonyl (C=O) groups is 1. The number of nitrogens with one attached hydrogen (secondary N) is 1. The summed E-state index contributed by atoms with van der Waals surface area (Å²) in [5.74, 6) is -0.596. The van der Waals surface area contributed by atoms with E-state index in [1.807, 2.05) is 0 Å². The highest BCUT2D eigenvalue weighted by atomic mass is 32.1. The molecular weight excluding hydrogens is 222 g/mol. The zero-order valence-electron chi connectivity index (χ0n) is 7.75. The number of hydrogen-bond acceptors (Lipinski definition) is 7. The molecule has 7 nitrogen and oxygen atoms in total. The van der Waals surface area contributed by atoms with Gasteiger partial charge in [0.25, 0.3) is 5.91 Å². The van der Waals surface area contributed by atoms with Gasteiger partial charge in [0.05, 0.1) is 37.7 Å². The van der Waals surface area contributed by atoms with Gasteiger partial charge in [-0.1, -0.05) is 0 Å². The smallest absolute Gasteiger partial charge is 0.273 e. The van der Waals surface area contributed by atoms with Crippen LogP contribution < -0.4 is 5.32 Å². The van der Waals surface area contributed by atoms with Gasteiger partial charge >= 0.3 is 0 Å². The lowest BCUT2D eigenvalue weighted by atomic mass is 10.0. The Morgan fingerprint density at radius 1 is 1.40 bits per heavy atom. The molecule has 4 N–H and O–H groups in total. The van der Waals surface area contributed by atoms with Crippen LogP contribution in [0.4, 0.5) is 0 Å². The van der Waals surface area contributed by atoms with Crippen molar-refractivity contribution in [3.05, 3.63) is 11.9 Å². The molecule has 0 aliphatic rings. The highest BCUT2D eigenvalue weighted by Crippen LogP contribution is 2.04. The first kappa shape index (κ1) is 12.0. The summed E-state index contributed by atoms with van der Waals surface area (Å²) in [5, 5.41) is 29.2. The summed E-state index contributed by atoms with van der Waals surface area (Å²) in [6.07, 6.45) is 1.26. The third-order valence-corrected chi connectivity index (χ3v) is 2.36. The van der Waals surface area contributed by atoms with Crippen LogP contribution in [0, 0.1) is 0 Å². The molecule has 1 heterocycles. The Bertz CT molecular complexity index is 304. The minimum absolute atomic E-state index is 0.0831. The van der Waals surface area contributed by atoms with Gasteiger partial charge in [0.15, 0.2) is 5.69 Å². The molecule has 1 amide bonds. The maximum Gasteiger partial charge on any atom is 0.273 e. The Morgan fingerprint density at radius 3 is 2.40 bits per heavy atom.